The summed E-state index contributed by atoms with van der Waals surface area (Å²) in [6.07, 6.45) is 26.4. The minimum atomic E-state index is -4.04. The number of hydrogen-bond acceptors (Lipinski definition) is 5. The Balaban J connectivity index is 3.29. The molecule has 6 nitrogen and oxygen atoms in total. The van der Waals surface area contributed by atoms with Crippen LogP contribution in [0.5, 0.6) is 0 Å². The van der Waals surface area contributed by atoms with E-state index < -0.39 is 7.82 Å². The molecule has 30 heavy (non-hydrogen) atoms. The van der Waals surface area contributed by atoms with E-state index in [-0.39, 0.29) is 19.8 Å². The Labute approximate surface area is 184 Å². The van der Waals surface area contributed by atoms with Crippen LogP contribution in [0.25, 0.3) is 0 Å². The van der Waals surface area contributed by atoms with Gasteiger partial charge in [0.25, 0.3) is 0 Å². The summed E-state index contributed by atoms with van der Waals surface area (Å²) >= 11 is 0. The van der Waals surface area contributed by atoms with Gasteiger partial charge in [-0.05, 0) is 25.0 Å². The van der Waals surface area contributed by atoms with Gasteiger partial charge in [0.1, 0.15) is 6.61 Å². The van der Waals surface area contributed by atoms with Gasteiger partial charge < -0.3 is 15.0 Å². The molecular weight excluding hydrogens is 401 g/mol. The van der Waals surface area contributed by atoms with Crippen LogP contribution in [0.4, 0.5) is 0 Å². The van der Waals surface area contributed by atoms with Crippen molar-refractivity contribution >= 4 is 7.82 Å². The van der Waals surface area contributed by atoms with E-state index in [9.17, 15) is 9.46 Å². The Morgan fingerprint density at radius 3 is 1.87 bits per heavy atom. The second-order valence-corrected chi connectivity index (χ2v) is 9.06. The summed E-state index contributed by atoms with van der Waals surface area (Å²) in [6, 6.07) is 0. The van der Waals surface area contributed by atoms with Gasteiger partial charge in [0.2, 0.25) is 0 Å². The molecule has 0 bridgehead atoms. The average Bonchev–Trinajstić information content (AvgIpc) is 2.73. The number of ether oxygens (including phenoxy) is 1. The normalized spacial score (nSPS) is 13.8. The summed E-state index contributed by atoms with van der Waals surface area (Å²) in [7, 11) is -4.04. The number of phosphoric acid groups is 1. The molecule has 0 aliphatic rings. The van der Waals surface area contributed by atoms with Crippen LogP contribution in [-0.4, -0.2) is 24.7 Å². The highest BCUT2D eigenvalue weighted by Gasteiger charge is 2.19. The Bertz CT molecular complexity index is 457. The molecule has 0 aromatic rings. The van der Waals surface area contributed by atoms with Crippen molar-refractivity contribution in [3.63, 3.8) is 0 Å². The van der Waals surface area contributed by atoms with Gasteiger partial charge in [0.15, 0.2) is 0 Å². The van der Waals surface area contributed by atoms with Crippen LogP contribution >= 0.6 is 7.82 Å². The van der Waals surface area contributed by atoms with Crippen molar-refractivity contribution in [2.45, 2.75) is 103 Å². The van der Waals surface area contributed by atoms with Crippen molar-refractivity contribution in [2.24, 2.45) is 5.73 Å². The molecule has 0 amide bonds. The standard InChI is InChI=1S/C23H46NO5P/c1-2-3-4-5-6-7-8-9-10-11-12-13-14-15-16-17-20-27-21-18-22-28-30(25,26)29-23-19-24/h17-18,20,22H,2-16,19,21,23-24H2,1H3,(H,25,26)/b20-17+,22-18+. The lowest BCUT2D eigenvalue weighted by Gasteiger charge is -2.08. The predicted octanol–water partition coefficient (Wildman–Crippen LogP) is 6.99. The van der Waals surface area contributed by atoms with Gasteiger partial charge in [-0.3, -0.25) is 9.42 Å². The van der Waals surface area contributed by atoms with Crippen LogP contribution in [0.2, 0.25) is 0 Å². The first-order valence-electron chi connectivity index (χ1n) is 11.9. The lowest BCUT2D eigenvalue weighted by atomic mass is 10.0. The predicted molar refractivity (Wildman–Crippen MR) is 125 cm³/mol. The minimum Gasteiger partial charge on any atom is -0.497 e. The van der Waals surface area contributed by atoms with Crippen molar-refractivity contribution in [1.29, 1.82) is 0 Å². The van der Waals surface area contributed by atoms with Gasteiger partial charge in [-0.15, -0.1) is 0 Å². The van der Waals surface area contributed by atoms with E-state index in [1.54, 1.807) is 6.26 Å². The first-order valence-corrected chi connectivity index (χ1v) is 13.4. The number of rotatable bonds is 23. The van der Waals surface area contributed by atoms with E-state index in [1.165, 1.54) is 96.0 Å². The monoisotopic (exact) mass is 447 g/mol. The van der Waals surface area contributed by atoms with Crippen molar-refractivity contribution in [1.82, 2.24) is 0 Å². The fourth-order valence-electron chi connectivity index (χ4n) is 3.06. The van der Waals surface area contributed by atoms with Crippen LogP contribution < -0.4 is 5.73 Å². The second kappa shape index (κ2) is 22.9. The Morgan fingerprint density at radius 2 is 1.33 bits per heavy atom. The largest absolute Gasteiger partial charge is 0.526 e. The van der Waals surface area contributed by atoms with E-state index in [0.29, 0.717) is 0 Å². The van der Waals surface area contributed by atoms with Crippen molar-refractivity contribution in [3.05, 3.63) is 24.7 Å². The highest BCUT2D eigenvalue weighted by Crippen LogP contribution is 2.43. The smallest absolute Gasteiger partial charge is 0.497 e. The Hall–Kier alpha value is -0.810. The van der Waals surface area contributed by atoms with Gasteiger partial charge in [0.05, 0.1) is 19.1 Å². The maximum Gasteiger partial charge on any atom is 0.526 e. The highest BCUT2D eigenvalue weighted by atomic mass is 31.2. The molecule has 3 N–H and O–H groups in total. The molecular formula is C23H46NO5P. The number of unbranched alkanes of at least 4 members (excludes halogenated alkanes) is 14. The zero-order valence-electron chi connectivity index (χ0n) is 19.1. The molecule has 0 heterocycles. The average molecular weight is 448 g/mol. The molecule has 1 atom stereocenters. The Kier molecular flexibility index (Phi) is 22.2. The summed E-state index contributed by atoms with van der Waals surface area (Å²) in [4.78, 5) is 9.25. The third-order valence-electron chi connectivity index (χ3n) is 4.77. The van der Waals surface area contributed by atoms with Crippen molar-refractivity contribution in [2.75, 3.05) is 19.8 Å². The highest BCUT2D eigenvalue weighted by molar-refractivity contribution is 7.47. The topological polar surface area (TPSA) is 91.0 Å². The van der Waals surface area contributed by atoms with Crippen molar-refractivity contribution in [3.8, 4) is 0 Å². The first-order chi connectivity index (χ1) is 14.6. The molecule has 0 saturated heterocycles. The van der Waals surface area contributed by atoms with Crippen LogP contribution in [0.1, 0.15) is 103 Å². The molecule has 0 aromatic heterocycles. The van der Waals surface area contributed by atoms with Gasteiger partial charge in [0, 0.05) is 6.54 Å². The molecule has 0 aliphatic carbocycles. The second-order valence-electron chi connectivity index (χ2n) is 7.66. The lowest BCUT2D eigenvalue weighted by Crippen LogP contribution is -2.07. The lowest BCUT2D eigenvalue weighted by molar-refractivity contribution is 0.191. The third kappa shape index (κ3) is 23.5. The van der Waals surface area contributed by atoms with Gasteiger partial charge in [-0.25, -0.2) is 4.57 Å². The Morgan fingerprint density at radius 1 is 0.800 bits per heavy atom. The van der Waals surface area contributed by atoms with Crippen LogP contribution in [0.3, 0.4) is 0 Å². The zero-order valence-corrected chi connectivity index (χ0v) is 20.0. The maximum atomic E-state index is 11.3. The minimum absolute atomic E-state index is 0.0277. The van der Waals surface area contributed by atoms with E-state index in [4.69, 9.17) is 10.5 Å². The molecule has 7 heteroatoms. The molecule has 0 aliphatic heterocycles. The summed E-state index contributed by atoms with van der Waals surface area (Å²) in [5.74, 6) is 0. The number of phosphoric ester groups is 1. The SMILES string of the molecule is CCCCCCCCCCCCCCCC/C=C/OC/C=C/OP(=O)(O)OCCN. The fraction of sp³-hybridized carbons (Fsp3) is 0.826. The molecule has 0 fully saturated rings. The van der Waals surface area contributed by atoms with Gasteiger partial charge in [-0.2, -0.15) is 0 Å². The molecule has 0 spiro atoms. The summed E-state index contributed by atoms with van der Waals surface area (Å²) in [6.45, 7) is 2.67. The van der Waals surface area contributed by atoms with Gasteiger partial charge >= 0.3 is 7.82 Å². The van der Waals surface area contributed by atoms with E-state index in [2.05, 4.69) is 16.0 Å². The molecule has 1 unspecified atom stereocenters. The van der Waals surface area contributed by atoms with E-state index >= 15 is 0 Å². The van der Waals surface area contributed by atoms with Crippen LogP contribution in [0.15, 0.2) is 24.7 Å². The molecule has 0 aromatic carbocycles. The third-order valence-corrected chi connectivity index (χ3v) is 5.67. The van der Waals surface area contributed by atoms with Crippen molar-refractivity contribution < 1.29 is 23.2 Å². The molecule has 0 saturated carbocycles. The van der Waals surface area contributed by atoms with E-state index in [1.807, 2.05) is 6.08 Å². The zero-order chi connectivity index (χ0) is 22.2. The first kappa shape index (κ1) is 29.2. The van der Waals surface area contributed by atoms with E-state index in [0.717, 1.165) is 12.7 Å². The van der Waals surface area contributed by atoms with Crippen LogP contribution in [0, 0.1) is 0 Å². The summed E-state index contributed by atoms with van der Waals surface area (Å²) < 4.78 is 25.8. The summed E-state index contributed by atoms with van der Waals surface area (Å²) in [5.41, 5.74) is 5.19. The van der Waals surface area contributed by atoms with Crippen LogP contribution in [-0.2, 0) is 18.3 Å². The molecule has 0 rings (SSSR count). The summed E-state index contributed by atoms with van der Waals surface area (Å²) in [5, 5.41) is 0. The maximum absolute atomic E-state index is 11.3. The van der Waals surface area contributed by atoms with Gasteiger partial charge in [-0.1, -0.05) is 90.4 Å². The fourth-order valence-corrected chi connectivity index (χ4v) is 3.70. The number of nitrogens with two attached hydrogens (primary N) is 1. The number of allylic oxidation sites excluding steroid dienone is 1. The molecule has 0 radical (unpaired) electrons. The number of hydrogen-bond donors (Lipinski definition) is 2. The quantitative estimate of drug-likeness (QED) is 0.0996. The molecule has 178 valence electrons.